The predicted molar refractivity (Wildman–Crippen MR) is 130 cm³/mol. The van der Waals surface area contributed by atoms with Crippen LogP contribution in [0.1, 0.15) is 39.3 Å². The van der Waals surface area contributed by atoms with Gasteiger partial charge in [-0.05, 0) is 44.8 Å². The van der Waals surface area contributed by atoms with Gasteiger partial charge in [0.2, 0.25) is 0 Å². The Kier molecular flexibility index (Phi) is 3.72. The molecule has 33 heavy (non-hydrogen) atoms. The van der Waals surface area contributed by atoms with Crippen molar-refractivity contribution in [1.82, 2.24) is 0 Å². The first-order chi connectivity index (χ1) is 16.3. The molecular weight excluding hydrogens is 404 g/mol. The van der Waals surface area contributed by atoms with Gasteiger partial charge in [-0.2, -0.15) is 0 Å². The van der Waals surface area contributed by atoms with Crippen LogP contribution in [0.5, 0.6) is 5.75 Å². The minimum absolute atomic E-state index is 0.126. The third-order valence-electron chi connectivity index (χ3n) is 7.29. The quantitative estimate of drug-likeness (QED) is 0.236. The summed E-state index contributed by atoms with van der Waals surface area (Å²) in [7, 11) is 0. The predicted octanol–water partition coefficient (Wildman–Crippen LogP) is 6.59. The highest BCUT2D eigenvalue weighted by atomic mass is 16.5. The maximum absolute atomic E-state index is 14.5. The Morgan fingerprint density at radius 2 is 1.06 bits per heavy atom. The molecule has 0 aliphatic heterocycles. The molecule has 2 heteroatoms. The number of fused-ring (bicyclic) bond motifs is 1. The van der Waals surface area contributed by atoms with Gasteiger partial charge in [0.05, 0.1) is 0 Å². The Bertz CT molecular complexity index is 1460. The average Bonchev–Trinajstić information content (AvgIpc) is 2.88. The van der Waals surface area contributed by atoms with Gasteiger partial charge in [-0.3, -0.25) is 0 Å². The lowest BCUT2D eigenvalue weighted by molar-refractivity contribution is -0.138. The van der Waals surface area contributed by atoms with Gasteiger partial charge in [0.25, 0.3) is 0 Å². The minimum Gasteiger partial charge on any atom is -0.425 e. The van der Waals surface area contributed by atoms with Gasteiger partial charge in [-0.15, -0.1) is 0 Å². The van der Waals surface area contributed by atoms with E-state index in [0.717, 1.165) is 27.5 Å². The molecule has 0 unspecified atom stereocenters. The normalized spacial score (nSPS) is 19.5. The molecule has 0 heterocycles. The van der Waals surface area contributed by atoms with Gasteiger partial charge in [-0.1, -0.05) is 109 Å². The Morgan fingerprint density at radius 1 is 0.576 bits per heavy atom. The van der Waals surface area contributed by atoms with Crippen molar-refractivity contribution in [3.8, 4) is 5.75 Å². The van der Waals surface area contributed by atoms with E-state index >= 15 is 0 Å². The van der Waals surface area contributed by atoms with Gasteiger partial charge < -0.3 is 4.74 Å². The zero-order valence-corrected chi connectivity index (χ0v) is 17.9. The molecule has 5 aromatic rings. The molecule has 2 nitrogen and oxygen atoms in total. The van der Waals surface area contributed by atoms with Crippen molar-refractivity contribution < 1.29 is 9.53 Å². The molecule has 5 aromatic carbocycles. The van der Waals surface area contributed by atoms with Crippen LogP contribution in [0.15, 0.2) is 115 Å². The molecule has 0 saturated carbocycles. The number of hydrogen-bond acceptors (Lipinski definition) is 2. The third-order valence-corrected chi connectivity index (χ3v) is 7.29. The van der Waals surface area contributed by atoms with E-state index < -0.39 is 5.41 Å². The summed E-state index contributed by atoms with van der Waals surface area (Å²) in [6.07, 6.45) is 0. The van der Waals surface area contributed by atoms with Crippen molar-refractivity contribution in [2.45, 2.75) is 11.3 Å². The van der Waals surface area contributed by atoms with Crippen LogP contribution in [0, 0.1) is 0 Å². The number of ether oxygens (including phenoxy) is 1. The van der Waals surface area contributed by atoms with E-state index in [1.807, 2.05) is 60.7 Å². The van der Waals surface area contributed by atoms with Gasteiger partial charge in [0.15, 0.2) is 0 Å². The standard InChI is InChI=1S/C31H20O2/c32-30(33-28-19-9-11-20-10-1-2-12-21(20)28)31-25-16-6-3-13-22(25)29(23-14-4-7-17-26(23)31)24-15-5-8-18-27(24)31/h1-19,29H. The molecule has 0 spiro atoms. The SMILES string of the molecule is O=C(Oc1cccc2ccccc12)C12c3ccccc3C(c3ccccc31)c1ccccc12. The van der Waals surface area contributed by atoms with Crippen molar-refractivity contribution in [2.24, 2.45) is 0 Å². The molecule has 8 rings (SSSR count). The molecule has 3 aliphatic rings. The molecule has 0 saturated heterocycles. The first-order valence-corrected chi connectivity index (χ1v) is 11.3. The maximum atomic E-state index is 14.5. The summed E-state index contributed by atoms with van der Waals surface area (Å²) in [6, 6.07) is 38.9. The lowest BCUT2D eigenvalue weighted by Crippen LogP contribution is -2.49. The second-order valence-corrected chi connectivity index (χ2v) is 8.81. The molecule has 0 N–H and O–H groups in total. The number of esters is 1. The summed E-state index contributed by atoms with van der Waals surface area (Å²) in [5.74, 6) is 0.456. The van der Waals surface area contributed by atoms with Crippen LogP contribution >= 0.6 is 0 Å². The largest absolute Gasteiger partial charge is 0.425 e. The zero-order valence-electron chi connectivity index (χ0n) is 17.9. The Labute approximate surface area is 192 Å². The van der Waals surface area contributed by atoms with Gasteiger partial charge in [0, 0.05) is 11.3 Å². The van der Waals surface area contributed by atoms with Crippen molar-refractivity contribution in [3.05, 3.63) is 149 Å². The van der Waals surface area contributed by atoms with E-state index in [2.05, 4.69) is 54.6 Å². The van der Waals surface area contributed by atoms with Gasteiger partial charge in [-0.25, -0.2) is 4.79 Å². The lowest BCUT2D eigenvalue weighted by Gasteiger charge is -2.48. The molecule has 0 fully saturated rings. The summed E-state index contributed by atoms with van der Waals surface area (Å²) in [5.41, 5.74) is 5.63. The van der Waals surface area contributed by atoms with Crippen LogP contribution in [0.2, 0.25) is 0 Å². The van der Waals surface area contributed by atoms with Crippen LogP contribution in [0.3, 0.4) is 0 Å². The van der Waals surface area contributed by atoms with E-state index in [9.17, 15) is 4.79 Å². The number of carbonyl (C=O) groups is 1. The van der Waals surface area contributed by atoms with Crippen molar-refractivity contribution >= 4 is 16.7 Å². The fourth-order valence-corrected chi connectivity index (χ4v) is 6.00. The first kappa shape index (κ1) is 18.4. The Hall–Kier alpha value is -4.17. The molecule has 2 bridgehead atoms. The van der Waals surface area contributed by atoms with Crippen LogP contribution in [0.4, 0.5) is 0 Å². The lowest BCUT2D eigenvalue weighted by atomic mass is 9.53. The van der Waals surface area contributed by atoms with E-state index in [1.165, 1.54) is 16.7 Å². The number of hydrogen-bond donors (Lipinski definition) is 0. The Morgan fingerprint density at radius 3 is 1.67 bits per heavy atom. The summed E-state index contributed by atoms with van der Waals surface area (Å²) in [6.45, 7) is 0. The molecule has 3 aliphatic carbocycles. The molecule has 0 aromatic heterocycles. The van der Waals surface area contributed by atoms with E-state index in [-0.39, 0.29) is 11.9 Å². The second-order valence-electron chi connectivity index (χ2n) is 8.81. The summed E-state index contributed by atoms with van der Waals surface area (Å²) in [5, 5.41) is 1.98. The Balaban J connectivity index is 1.52. The highest BCUT2D eigenvalue weighted by Gasteiger charge is 2.57. The maximum Gasteiger partial charge on any atom is 0.331 e. The molecule has 0 radical (unpaired) electrons. The van der Waals surface area contributed by atoms with Gasteiger partial charge in [0.1, 0.15) is 11.2 Å². The van der Waals surface area contributed by atoms with Gasteiger partial charge >= 0.3 is 5.97 Å². The van der Waals surface area contributed by atoms with E-state index in [4.69, 9.17) is 4.74 Å². The summed E-state index contributed by atoms with van der Waals surface area (Å²) < 4.78 is 6.32. The average molecular weight is 424 g/mol. The van der Waals surface area contributed by atoms with Crippen LogP contribution in [-0.2, 0) is 10.2 Å². The fraction of sp³-hybridized carbons (Fsp3) is 0.0645. The number of rotatable bonds is 2. The first-order valence-electron chi connectivity index (χ1n) is 11.3. The summed E-state index contributed by atoms with van der Waals surface area (Å²) >= 11 is 0. The van der Waals surface area contributed by atoms with E-state index in [0.29, 0.717) is 5.75 Å². The summed E-state index contributed by atoms with van der Waals surface area (Å²) in [4.78, 5) is 14.5. The highest BCUT2D eigenvalue weighted by molar-refractivity contribution is 6.00. The van der Waals surface area contributed by atoms with Crippen molar-refractivity contribution in [1.29, 1.82) is 0 Å². The van der Waals surface area contributed by atoms with Crippen molar-refractivity contribution in [2.75, 3.05) is 0 Å². The van der Waals surface area contributed by atoms with Crippen LogP contribution < -0.4 is 4.74 Å². The fourth-order valence-electron chi connectivity index (χ4n) is 6.00. The number of benzene rings is 5. The number of carbonyl (C=O) groups excluding carboxylic acids is 1. The zero-order chi connectivity index (χ0) is 22.0. The molecular formula is C31H20O2. The molecule has 0 atom stereocenters. The van der Waals surface area contributed by atoms with Crippen molar-refractivity contribution in [3.63, 3.8) is 0 Å². The topological polar surface area (TPSA) is 26.3 Å². The highest BCUT2D eigenvalue weighted by Crippen LogP contribution is 2.59. The monoisotopic (exact) mass is 424 g/mol. The van der Waals surface area contributed by atoms with Crippen LogP contribution in [-0.4, -0.2) is 5.97 Å². The van der Waals surface area contributed by atoms with Crippen LogP contribution in [0.25, 0.3) is 10.8 Å². The molecule has 156 valence electrons. The molecule has 0 amide bonds. The second kappa shape index (κ2) is 6.66. The van der Waals surface area contributed by atoms with E-state index in [1.54, 1.807) is 0 Å². The minimum atomic E-state index is -1.00. The smallest absolute Gasteiger partial charge is 0.331 e. The third kappa shape index (κ3) is 2.30.